The minimum Gasteiger partial charge on any atom is -0.370 e. The Balaban J connectivity index is 2.02. The molecule has 1 aromatic heterocycles. The first-order chi connectivity index (χ1) is 8.20. The molecule has 0 aromatic carbocycles. The van der Waals surface area contributed by atoms with Gasteiger partial charge in [0.2, 0.25) is 0 Å². The van der Waals surface area contributed by atoms with E-state index >= 15 is 0 Å². The van der Waals surface area contributed by atoms with E-state index in [9.17, 15) is 0 Å². The minimum atomic E-state index is 0.0192. The zero-order chi connectivity index (χ0) is 12.3. The van der Waals surface area contributed by atoms with Gasteiger partial charge in [-0.1, -0.05) is 6.42 Å². The largest absolute Gasteiger partial charge is 0.370 e. The van der Waals surface area contributed by atoms with Crippen LogP contribution in [0.25, 0.3) is 0 Å². The Hall–Kier alpha value is -1.09. The number of aromatic nitrogens is 1. The van der Waals surface area contributed by atoms with Crippen LogP contribution in [0.2, 0.25) is 0 Å². The van der Waals surface area contributed by atoms with Crippen molar-refractivity contribution < 1.29 is 0 Å². The molecule has 94 valence electrons. The van der Waals surface area contributed by atoms with Crippen molar-refractivity contribution in [1.29, 1.82) is 0 Å². The van der Waals surface area contributed by atoms with Gasteiger partial charge in [-0.05, 0) is 44.7 Å². The normalized spacial score (nSPS) is 17.6. The molecule has 1 heterocycles. The maximum absolute atomic E-state index is 5.81. The second-order valence-electron chi connectivity index (χ2n) is 5.07. The van der Waals surface area contributed by atoms with Crippen molar-refractivity contribution in [2.75, 3.05) is 18.0 Å². The highest BCUT2D eigenvalue weighted by molar-refractivity contribution is 5.44. The van der Waals surface area contributed by atoms with Crippen LogP contribution in [0.4, 0.5) is 5.69 Å². The Morgan fingerprint density at radius 1 is 1.47 bits per heavy atom. The highest BCUT2D eigenvalue weighted by atomic mass is 15.1. The standard InChI is InChI=1S/C14H23N3/c1-3-17(10-12-5-4-6-12)13-7-8-14(11(2)15)16-9-13/h7-9,11-12H,3-6,10,15H2,1-2H3. The third kappa shape index (κ3) is 2.97. The van der Waals surface area contributed by atoms with Crippen LogP contribution in [0.15, 0.2) is 18.3 Å². The summed E-state index contributed by atoms with van der Waals surface area (Å²) in [5.41, 5.74) is 8.00. The van der Waals surface area contributed by atoms with Crippen molar-refractivity contribution in [2.24, 2.45) is 11.7 Å². The van der Waals surface area contributed by atoms with Gasteiger partial charge in [0.05, 0.1) is 17.6 Å². The van der Waals surface area contributed by atoms with E-state index in [1.165, 1.54) is 31.5 Å². The topological polar surface area (TPSA) is 42.1 Å². The van der Waals surface area contributed by atoms with E-state index in [1.54, 1.807) is 0 Å². The van der Waals surface area contributed by atoms with E-state index in [0.717, 1.165) is 18.2 Å². The lowest BCUT2D eigenvalue weighted by Crippen LogP contribution is -2.32. The molecule has 1 atom stereocenters. The molecule has 0 aliphatic heterocycles. The Labute approximate surface area is 104 Å². The Morgan fingerprint density at radius 2 is 2.24 bits per heavy atom. The molecule has 0 bridgehead atoms. The average Bonchev–Trinajstić information content (AvgIpc) is 2.28. The molecule has 1 aliphatic carbocycles. The van der Waals surface area contributed by atoms with Crippen LogP contribution in [0.3, 0.4) is 0 Å². The maximum Gasteiger partial charge on any atom is 0.0569 e. The van der Waals surface area contributed by atoms with Crippen LogP contribution in [-0.4, -0.2) is 18.1 Å². The first kappa shape index (κ1) is 12.4. The van der Waals surface area contributed by atoms with E-state index in [-0.39, 0.29) is 6.04 Å². The van der Waals surface area contributed by atoms with Crippen LogP contribution < -0.4 is 10.6 Å². The first-order valence-corrected chi connectivity index (χ1v) is 6.67. The molecule has 3 nitrogen and oxygen atoms in total. The number of hydrogen-bond donors (Lipinski definition) is 1. The SMILES string of the molecule is CCN(CC1CCC1)c1ccc(C(C)N)nc1. The fourth-order valence-corrected chi connectivity index (χ4v) is 2.26. The van der Waals surface area contributed by atoms with Crippen molar-refractivity contribution in [2.45, 2.75) is 39.2 Å². The van der Waals surface area contributed by atoms with Gasteiger partial charge in [-0.2, -0.15) is 0 Å². The van der Waals surface area contributed by atoms with Gasteiger partial charge in [-0.3, -0.25) is 4.98 Å². The van der Waals surface area contributed by atoms with Crippen LogP contribution in [0.5, 0.6) is 0 Å². The predicted octanol–water partition coefficient (Wildman–Crippen LogP) is 2.73. The predicted molar refractivity (Wildman–Crippen MR) is 72.1 cm³/mol. The fraction of sp³-hybridized carbons (Fsp3) is 0.643. The summed E-state index contributed by atoms with van der Waals surface area (Å²) in [5.74, 6) is 0.892. The van der Waals surface area contributed by atoms with Crippen molar-refractivity contribution in [3.63, 3.8) is 0 Å². The van der Waals surface area contributed by atoms with Gasteiger partial charge in [0.25, 0.3) is 0 Å². The molecule has 3 heteroatoms. The molecule has 1 saturated carbocycles. The lowest BCUT2D eigenvalue weighted by atomic mass is 9.85. The number of nitrogens with two attached hydrogens (primary N) is 1. The molecule has 1 aromatic rings. The number of rotatable bonds is 5. The summed E-state index contributed by atoms with van der Waals surface area (Å²) in [7, 11) is 0. The summed E-state index contributed by atoms with van der Waals surface area (Å²) in [6.45, 7) is 6.40. The van der Waals surface area contributed by atoms with Gasteiger partial charge < -0.3 is 10.6 Å². The molecule has 0 spiro atoms. The summed E-state index contributed by atoms with van der Waals surface area (Å²) < 4.78 is 0. The molecular weight excluding hydrogens is 210 g/mol. The molecule has 1 unspecified atom stereocenters. The second kappa shape index (κ2) is 5.50. The first-order valence-electron chi connectivity index (χ1n) is 6.67. The smallest absolute Gasteiger partial charge is 0.0569 e. The Bertz CT molecular complexity index is 341. The minimum absolute atomic E-state index is 0.0192. The summed E-state index contributed by atoms with van der Waals surface area (Å²) in [6.07, 6.45) is 6.15. The summed E-state index contributed by atoms with van der Waals surface area (Å²) in [4.78, 5) is 6.85. The quantitative estimate of drug-likeness (QED) is 0.850. The molecule has 1 aliphatic rings. The third-order valence-electron chi connectivity index (χ3n) is 3.69. The zero-order valence-corrected chi connectivity index (χ0v) is 10.9. The zero-order valence-electron chi connectivity index (χ0n) is 10.9. The van der Waals surface area contributed by atoms with Gasteiger partial charge in [-0.15, -0.1) is 0 Å². The molecule has 2 rings (SSSR count). The van der Waals surface area contributed by atoms with Crippen molar-refractivity contribution in [1.82, 2.24) is 4.98 Å². The number of anilines is 1. The Kier molecular flexibility index (Phi) is 4.00. The third-order valence-corrected chi connectivity index (χ3v) is 3.69. The highest BCUT2D eigenvalue weighted by Crippen LogP contribution is 2.28. The lowest BCUT2D eigenvalue weighted by molar-refractivity contribution is 0.318. The number of hydrogen-bond acceptors (Lipinski definition) is 3. The van der Waals surface area contributed by atoms with Crippen LogP contribution in [0.1, 0.15) is 44.8 Å². The van der Waals surface area contributed by atoms with Crippen LogP contribution in [-0.2, 0) is 0 Å². The molecular formula is C14H23N3. The summed E-state index contributed by atoms with van der Waals surface area (Å²) in [6, 6.07) is 4.21. The van der Waals surface area contributed by atoms with Gasteiger partial charge in [-0.25, -0.2) is 0 Å². The molecule has 17 heavy (non-hydrogen) atoms. The van der Waals surface area contributed by atoms with E-state index < -0.39 is 0 Å². The van der Waals surface area contributed by atoms with Gasteiger partial charge >= 0.3 is 0 Å². The highest BCUT2D eigenvalue weighted by Gasteiger charge is 2.20. The molecule has 0 radical (unpaired) electrons. The van der Waals surface area contributed by atoms with Crippen molar-refractivity contribution in [3.8, 4) is 0 Å². The molecule has 2 N–H and O–H groups in total. The van der Waals surface area contributed by atoms with Crippen molar-refractivity contribution >= 4 is 5.69 Å². The maximum atomic E-state index is 5.81. The van der Waals surface area contributed by atoms with Crippen LogP contribution in [0, 0.1) is 5.92 Å². The number of pyridine rings is 1. The van der Waals surface area contributed by atoms with E-state index in [4.69, 9.17) is 5.73 Å². The van der Waals surface area contributed by atoms with Crippen LogP contribution >= 0.6 is 0 Å². The van der Waals surface area contributed by atoms with Crippen molar-refractivity contribution in [3.05, 3.63) is 24.0 Å². The monoisotopic (exact) mass is 233 g/mol. The Morgan fingerprint density at radius 3 is 2.65 bits per heavy atom. The summed E-state index contributed by atoms with van der Waals surface area (Å²) in [5, 5.41) is 0. The second-order valence-corrected chi connectivity index (χ2v) is 5.07. The molecule has 0 amide bonds. The van der Waals surface area contributed by atoms with E-state index in [2.05, 4.69) is 22.9 Å². The van der Waals surface area contributed by atoms with Gasteiger partial charge in [0.1, 0.15) is 0 Å². The average molecular weight is 233 g/mol. The summed E-state index contributed by atoms with van der Waals surface area (Å²) >= 11 is 0. The van der Waals surface area contributed by atoms with E-state index in [1.807, 2.05) is 19.2 Å². The lowest BCUT2D eigenvalue weighted by Gasteiger charge is -2.33. The fourth-order valence-electron chi connectivity index (χ4n) is 2.26. The molecule has 0 saturated heterocycles. The molecule has 1 fully saturated rings. The van der Waals surface area contributed by atoms with E-state index in [0.29, 0.717) is 0 Å². The van der Waals surface area contributed by atoms with Gasteiger partial charge in [0.15, 0.2) is 0 Å². The van der Waals surface area contributed by atoms with Gasteiger partial charge in [0, 0.05) is 19.1 Å². The number of nitrogens with zero attached hydrogens (tertiary/aromatic N) is 2.